The molecule has 0 aliphatic carbocycles. The smallest absolute Gasteiger partial charge is 0.211 e. The van der Waals surface area contributed by atoms with Crippen molar-refractivity contribution in [3.8, 4) is 17.0 Å². The fourth-order valence-corrected chi connectivity index (χ4v) is 6.04. The van der Waals surface area contributed by atoms with Crippen LogP contribution in [0.15, 0.2) is 35.8 Å². The van der Waals surface area contributed by atoms with E-state index in [1.54, 1.807) is 6.20 Å². The van der Waals surface area contributed by atoms with Gasteiger partial charge in [-0.1, -0.05) is 0 Å². The molecule has 1 fully saturated rings. The molecule has 0 unspecified atom stereocenters. The molecule has 4 heterocycles. The van der Waals surface area contributed by atoms with E-state index in [1.165, 1.54) is 28.0 Å². The van der Waals surface area contributed by atoms with Gasteiger partial charge in [0.1, 0.15) is 12.4 Å². The highest BCUT2D eigenvalue weighted by molar-refractivity contribution is 7.88. The van der Waals surface area contributed by atoms with Crippen molar-refractivity contribution < 1.29 is 17.5 Å². The van der Waals surface area contributed by atoms with Crippen molar-refractivity contribution in [2.24, 2.45) is 0 Å². The summed E-state index contributed by atoms with van der Waals surface area (Å²) in [5.41, 5.74) is 3.07. The third-order valence-electron chi connectivity index (χ3n) is 6.39. The van der Waals surface area contributed by atoms with Crippen LogP contribution in [-0.4, -0.2) is 74.3 Å². The molecule has 0 spiro atoms. The number of anilines is 4. The average molecular weight is 533 g/mol. The van der Waals surface area contributed by atoms with E-state index in [0.717, 1.165) is 11.4 Å². The van der Waals surface area contributed by atoms with Gasteiger partial charge < -0.3 is 19.9 Å². The first-order chi connectivity index (χ1) is 17.2. The molecule has 0 atom stereocenters. The second-order valence-corrected chi connectivity index (χ2v) is 12.0. The summed E-state index contributed by atoms with van der Waals surface area (Å²) >= 11 is 1.42. The number of rotatable bonds is 6. The molecule has 0 bridgehead atoms. The first-order valence-electron chi connectivity index (χ1n) is 11.8. The van der Waals surface area contributed by atoms with Gasteiger partial charge in [-0.05, 0) is 38.1 Å². The average Bonchev–Trinajstić information content (AvgIpc) is 3.32. The summed E-state index contributed by atoms with van der Waals surface area (Å²) in [6.07, 6.45) is 3.01. The van der Waals surface area contributed by atoms with E-state index in [9.17, 15) is 12.8 Å². The van der Waals surface area contributed by atoms with E-state index in [4.69, 9.17) is 4.74 Å². The zero-order valence-corrected chi connectivity index (χ0v) is 22.1. The number of ether oxygens (including phenoxy) is 1. The molecule has 3 aromatic rings. The van der Waals surface area contributed by atoms with Crippen LogP contribution in [-0.2, 0) is 10.0 Å². The van der Waals surface area contributed by atoms with Gasteiger partial charge in [0, 0.05) is 43.2 Å². The predicted octanol–water partition coefficient (Wildman–Crippen LogP) is 3.78. The lowest BCUT2D eigenvalue weighted by molar-refractivity contribution is 0.287. The number of fused-ring (bicyclic) bond motifs is 1. The van der Waals surface area contributed by atoms with E-state index < -0.39 is 10.0 Å². The minimum Gasteiger partial charge on any atom is -0.486 e. The number of thiazole rings is 1. The van der Waals surface area contributed by atoms with Crippen molar-refractivity contribution in [3.05, 3.63) is 41.7 Å². The lowest BCUT2D eigenvalue weighted by Crippen LogP contribution is -2.48. The number of nitrogens with one attached hydrogen (secondary N) is 1. The zero-order chi connectivity index (χ0) is 25.4. The Labute approximate surface area is 214 Å². The Hall–Kier alpha value is -2.96. The van der Waals surface area contributed by atoms with Crippen LogP contribution >= 0.6 is 11.3 Å². The number of hydrogen-bond acceptors (Lipinski definition) is 9. The fourth-order valence-electron chi connectivity index (χ4n) is 4.48. The summed E-state index contributed by atoms with van der Waals surface area (Å²) in [5.74, 6) is 0.560. The Bertz CT molecular complexity index is 1340. The second kappa shape index (κ2) is 9.83. The minimum atomic E-state index is -3.16. The maximum absolute atomic E-state index is 14.8. The standard InChI is InChI=1S/C24H29FN6O3S2/c1-16(2)31-10-11-34-23-19(25)12-17(13-21(23)31)20-15-35-24(27-20)28-22-5-4-18(14-26-22)29-6-8-30(9-7-29)36(3,32)33/h4-5,12-16H,6-11H2,1-3H3,(H,26,27,28). The molecule has 5 rings (SSSR count). The quantitative estimate of drug-likeness (QED) is 0.513. The van der Waals surface area contributed by atoms with Crippen molar-refractivity contribution >= 4 is 43.7 Å². The molecule has 0 radical (unpaired) electrons. The van der Waals surface area contributed by atoms with Crippen molar-refractivity contribution in [3.63, 3.8) is 0 Å². The Balaban J connectivity index is 1.27. The Morgan fingerprint density at radius 2 is 1.92 bits per heavy atom. The van der Waals surface area contributed by atoms with Gasteiger partial charge in [0.25, 0.3) is 0 Å². The summed E-state index contributed by atoms with van der Waals surface area (Å²) < 4.78 is 45.4. The second-order valence-electron chi connectivity index (χ2n) is 9.16. The number of nitrogens with zero attached hydrogens (tertiary/aromatic N) is 5. The molecule has 1 saturated heterocycles. The zero-order valence-electron chi connectivity index (χ0n) is 20.4. The number of aromatic nitrogens is 2. The molecule has 9 nitrogen and oxygen atoms in total. The van der Waals surface area contributed by atoms with Gasteiger partial charge in [-0.15, -0.1) is 11.3 Å². The van der Waals surface area contributed by atoms with Crippen LogP contribution in [0.25, 0.3) is 11.3 Å². The third-order valence-corrected chi connectivity index (χ3v) is 8.45. The molecule has 0 saturated carbocycles. The summed E-state index contributed by atoms with van der Waals surface area (Å²) in [6, 6.07) is 7.47. The van der Waals surface area contributed by atoms with Gasteiger partial charge in [0.05, 0.1) is 36.1 Å². The molecule has 1 N–H and O–H groups in total. The number of piperazine rings is 1. The van der Waals surface area contributed by atoms with Crippen LogP contribution in [0.3, 0.4) is 0 Å². The van der Waals surface area contributed by atoms with Crippen molar-refractivity contribution in [2.75, 3.05) is 60.7 Å². The van der Waals surface area contributed by atoms with E-state index >= 15 is 0 Å². The topological polar surface area (TPSA) is 90.9 Å². The van der Waals surface area contributed by atoms with Gasteiger partial charge in [-0.2, -0.15) is 4.31 Å². The Morgan fingerprint density at radius 3 is 2.58 bits per heavy atom. The highest BCUT2D eigenvalue weighted by Gasteiger charge is 2.26. The molecule has 2 aliphatic heterocycles. The maximum atomic E-state index is 14.8. The lowest BCUT2D eigenvalue weighted by Gasteiger charge is -2.34. The highest BCUT2D eigenvalue weighted by atomic mass is 32.2. The largest absolute Gasteiger partial charge is 0.486 e. The van der Waals surface area contributed by atoms with Crippen LogP contribution in [0.4, 0.5) is 26.7 Å². The Morgan fingerprint density at radius 1 is 1.14 bits per heavy atom. The number of pyridine rings is 1. The monoisotopic (exact) mass is 532 g/mol. The van der Waals surface area contributed by atoms with Gasteiger partial charge in [-0.25, -0.2) is 22.8 Å². The molecule has 1 aromatic carbocycles. The van der Waals surface area contributed by atoms with Crippen molar-refractivity contribution in [1.82, 2.24) is 14.3 Å². The molecular formula is C24H29FN6O3S2. The van der Waals surface area contributed by atoms with Crippen molar-refractivity contribution in [1.29, 1.82) is 0 Å². The SMILES string of the molecule is CC(C)N1CCOc2c(F)cc(-c3csc(Nc4ccc(N5CCN(S(C)(=O)=O)CC5)cn4)n3)cc21. The lowest BCUT2D eigenvalue weighted by atomic mass is 10.1. The highest BCUT2D eigenvalue weighted by Crippen LogP contribution is 2.39. The molecule has 36 heavy (non-hydrogen) atoms. The number of benzene rings is 1. The summed E-state index contributed by atoms with van der Waals surface area (Å²) in [6.45, 7) is 7.51. The van der Waals surface area contributed by atoms with Crippen LogP contribution in [0, 0.1) is 5.82 Å². The van der Waals surface area contributed by atoms with E-state index in [2.05, 4.69) is 38.9 Å². The first kappa shape index (κ1) is 24.7. The normalized spacial score (nSPS) is 16.7. The summed E-state index contributed by atoms with van der Waals surface area (Å²) in [4.78, 5) is 13.4. The third kappa shape index (κ3) is 5.11. The van der Waals surface area contributed by atoms with Gasteiger partial charge in [-0.3, -0.25) is 0 Å². The maximum Gasteiger partial charge on any atom is 0.211 e. The van der Waals surface area contributed by atoms with E-state index in [0.29, 0.717) is 67.3 Å². The van der Waals surface area contributed by atoms with Crippen molar-refractivity contribution in [2.45, 2.75) is 19.9 Å². The molecule has 2 aromatic heterocycles. The number of sulfonamides is 1. The number of halogens is 1. The van der Waals surface area contributed by atoms with Gasteiger partial charge in [0.15, 0.2) is 16.7 Å². The van der Waals surface area contributed by atoms with Crippen LogP contribution < -0.4 is 19.9 Å². The minimum absolute atomic E-state index is 0.229. The predicted molar refractivity (Wildman–Crippen MR) is 142 cm³/mol. The van der Waals surface area contributed by atoms with Gasteiger partial charge in [0.2, 0.25) is 10.0 Å². The Kier molecular flexibility index (Phi) is 6.75. The molecule has 192 valence electrons. The van der Waals surface area contributed by atoms with Crippen LogP contribution in [0.5, 0.6) is 5.75 Å². The molecular weight excluding hydrogens is 503 g/mol. The molecule has 12 heteroatoms. The first-order valence-corrected chi connectivity index (χ1v) is 14.5. The number of hydrogen-bond donors (Lipinski definition) is 1. The van der Waals surface area contributed by atoms with Crippen LogP contribution in [0.1, 0.15) is 13.8 Å². The summed E-state index contributed by atoms with van der Waals surface area (Å²) in [7, 11) is -3.16. The van der Waals surface area contributed by atoms with E-state index in [1.807, 2.05) is 23.6 Å². The van der Waals surface area contributed by atoms with Gasteiger partial charge >= 0.3 is 0 Å². The van der Waals surface area contributed by atoms with Crippen LogP contribution in [0.2, 0.25) is 0 Å². The fraction of sp³-hybridized carbons (Fsp3) is 0.417. The molecule has 2 aliphatic rings. The summed E-state index contributed by atoms with van der Waals surface area (Å²) in [5, 5.41) is 5.76. The van der Waals surface area contributed by atoms with E-state index in [-0.39, 0.29) is 11.9 Å². The molecule has 0 amide bonds.